The van der Waals surface area contributed by atoms with Crippen LogP contribution in [-0.4, -0.2) is 17.6 Å². The van der Waals surface area contributed by atoms with Crippen molar-refractivity contribution in [3.05, 3.63) is 58.9 Å². The average Bonchev–Trinajstić information content (AvgIpc) is 2.52. The normalized spacial score (nSPS) is 9.71. The van der Waals surface area contributed by atoms with Gasteiger partial charge in [0.1, 0.15) is 12.4 Å². The van der Waals surface area contributed by atoms with Gasteiger partial charge in [-0.25, -0.2) is 4.79 Å². The summed E-state index contributed by atoms with van der Waals surface area (Å²) in [6.07, 6.45) is 8.42. The largest absolute Gasteiger partial charge is 0.487 e. The fraction of sp³-hybridized carbons (Fsp3) is 0.125. The fourth-order valence-corrected chi connectivity index (χ4v) is 1.82. The summed E-state index contributed by atoms with van der Waals surface area (Å²) in [7, 11) is 0. The molecule has 0 saturated heterocycles. The predicted octanol–water partition coefficient (Wildman–Crippen LogP) is 3.10. The van der Waals surface area contributed by atoms with Gasteiger partial charge in [0.15, 0.2) is 6.61 Å². The molecule has 5 heteroatoms. The minimum absolute atomic E-state index is 0.0737. The zero-order chi connectivity index (χ0) is 15.1. The van der Waals surface area contributed by atoms with Crippen LogP contribution in [0.1, 0.15) is 15.9 Å². The van der Waals surface area contributed by atoms with E-state index in [0.29, 0.717) is 22.9 Å². The topological polar surface area (TPSA) is 48.4 Å². The average molecular weight is 302 g/mol. The highest BCUT2D eigenvalue weighted by molar-refractivity contribution is 6.32. The first kappa shape index (κ1) is 14.9. The van der Waals surface area contributed by atoms with Crippen molar-refractivity contribution in [2.24, 2.45) is 0 Å². The molecule has 1 heterocycles. The van der Waals surface area contributed by atoms with E-state index in [1.54, 1.807) is 24.5 Å². The Kier molecular flexibility index (Phi) is 5.19. The maximum absolute atomic E-state index is 11.6. The number of carbonyl (C=O) groups is 1. The summed E-state index contributed by atoms with van der Waals surface area (Å²) in [5.74, 6) is 2.19. The molecule has 0 amide bonds. The van der Waals surface area contributed by atoms with Crippen molar-refractivity contribution in [1.82, 2.24) is 4.98 Å². The number of pyridine rings is 1. The molecule has 21 heavy (non-hydrogen) atoms. The Morgan fingerprint density at radius 1 is 1.38 bits per heavy atom. The fourth-order valence-electron chi connectivity index (χ4n) is 1.58. The predicted molar refractivity (Wildman–Crippen MR) is 79.1 cm³/mol. The number of aromatic nitrogens is 1. The van der Waals surface area contributed by atoms with E-state index >= 15 is 0 Å². The number of carbonyl (C=O) groups excluding carboxylic acids is 1. The van der Waals surface area contributed by atoms with Gasteiger partial charge in [-0.15, -0.1) is 6.42 Å². The van der Waals surface area contributed by atoms with Crippen LogP contribution in [-0.2, 0) is 11.3 Å². The molecule has 2 aromatic rings. The third-order valence-electron chi connectivity index (χ3n) is 2.57. The van der Waals surface area contributed by atoms with Crippen molar-refractivity contribution in [3.8, 4) is 18.1 Å². The highest BCUT2D eigenvalue weighted by Gasteiger charge is 2.10. The van der Waals surface area contributed by atoms with Crippen LogP contribution in [0.2, 0.25) is 5.02 Å². The second kappa shape index (κ2) is 7.32. The van der Waals surface area contributed by atoms with Crippen LogP contribution in [0.25, 0.3) is 0 Å². The molecule has 1 aromatic heterocycles. The molecule has 0 saturated carbocycles. The van der Waals surface area contributed by atoms with Crippen molar-refractivity contribution in [2.75, 3.05) is 6.61 Å². The van der Waals surface area contributed by atoms with E-state index in [2.05, 4.69) is 10.9 Å². The maximum Gasteiger partial charge on any atom is 0.339 e. The van der Waals surface area contributed by atoms with Crippen LogP contribution in [0.4, 0.5) is 0 Å². The Balaban J connectivity index is 2.02. The van der Waals surface area contributed by atoms with E-state index in [-0.39, 0.29) is 6.61 Å². The van der Waals surface area contributed by atoms with Gasteiger partial charge in [0.25, 0.3) is 0 Å². The van der Waals surface area contributed by atoms with Crippen LogP contribution in [0.3, 0.4) is 0 Å². The Morgan fingerprint density at radius 2 is 2.24 bits per heavy atom. The first-order chi connectivity index (χ1) is 10.2. The van der Waals surface area contributed by atoms with E-state index < -0.39 is 5.97 Å². The summed E-state index contributed by atoms with van der Waals surface area (Å²) < 4.78 is 10.4. The highest BCUT2D eigenvalue weighted by Crippen LogP contribution is 2.26. The zero-order valence-electron chi connectivity index (χ0n) is 11.1. The number of terminal acetylenes is 1. The minimum Gasteiger partial charge on any atom is -0.487 e. The molecule has 0 spiro atoms. The maximum atomic E-state index is 11.6. The standard InChI is InChI=1S/C16H12ClNO3/c1-2-8-20-16(19)13-5-6-15(14(17)9-13)21-11-12-4-3-7-18-10-12/h1,3-7,9-10H,8,11H2. The Morgan fingerprint density at radius 3 is 2.90 bits per heavy atom. The first-order valence-corrected chi connectivity index (χ1v) is 6.50. The van der Waals surface area contributed by atoms with Crippen molar-refractivity contribution in [3.63, 3.8) is 0 Å². The second-order valence-electron chi connectivity index (χ2n) is 4.08. The van der Waals surface area contributed by atoms with Crippen LogP contribution < -0.4 is 4.74 Å². The molecular weight excluding hydrogens is 290 g/mol. The summed E-state index contributed by atoms with van der Waals surface area (Å²) in [5, 5.41) is 0.328. The lowest BCUT2D eigenvalue weighted by molar-refractivity contribution is 0.0556. The molecule has 0 bridgehead atoms. The molecule has 0 atom stereocenters. The van der Waals surface area contributed by atoms with Crippen LogP contribution >= 0.6 is 11.6 Å². The number of hydrogen-bond donors (Lipinski definition) is 0. The van der Waals surface area contributed by atoms with E-state index in [0.717, 1.165) is 5.56 Å². The van der Waals surface area contributed by atoms with Gasteiger partial charge < -0.3 is 9.47 Å². The zero-order valence-corrected chi connectivity index (χ0v) is 11.8. The number of halogens is 1. The number of nitrogens with zero attached hydrogens (tertiary/aromatic N) is 1. The van der Waals surface area contributed by atoms with Gasteiger partial charge in [0, 0.05) is 18.0 Å². The van der Waals surface area contributed by atoms with Crippen molar-refractivity contribution in [1.29, 1.82) is 0 Å². The van der Waals surface area contributed by atoms with Gasteiger partial charge >= 0.3 is 5.97 Å². The Bertz CT molecular complexity index is 665. The molecule has 0 radical (unpaired) electrons. The van der Waals surface area contributed by atoms with Crippen molar-refractivity contribution >= 4 is 17.6 Å². The highest BCUT2D eigenvalue weighted by atomic mass is 35.5. The van der Waals surface area contributed by atoms with Gasteiger partial charge in [-0.05, 0) is 24.3 Å². The molecule has 0 aliphatic carbocycles. The lowest BCUT2D eigenvalue weighted by Crippen LogP contribution is -2.05. The molecule has 0 fully saturated rings. The van der Waals surface area contributed by atoms with E-state index in [1.807, 2.05) is 12.1 Å². The molecule has 0 unspecified atom stereocenters. The van der Waals surface area contributed by atoms with Gasteiger partial charge in [-0.2, -0.15) is 0 Å². The number of ether oxygens (including phenoxy) is 2. The van der Waals surface area contributed by atoms with Crippen LogP contribution in [0.15, 0.2) is 42.7 Å². The summed E-state index contributed by atoms with van der Waals surface area (Å²) >= 11 is 6.09. The minimum atomic E-state index is -0.520. The smallest absolute Gasteiger partial charge is 0.339 e. The molecule has 4 nitrogen and oxygen atoms in total. The van der Waals surface area contributed by atoms with Gasteiger partial charge in [-0.3, -0.25) is 4.98 Å². The first-order valence-electron chi connectivity index (χ1n) is 6.12. The third-order valence-corrected chi connectivity index (χ3v) is 2.87. The number of benzene rings is 1. The molecule has 0 aliphatic heterocycles. The van der Waals surface area contributed by atoms with Gasteiger partial charge in [-0.1, -0.05) is 23.6 Å². The second-order valence-corrected chi connectivity index (χ2v) is 4.48. The third kappa shape index (κ3) is 4.23. The van der Waals surface area contributed by atoms with Crippen LogP contribution in [0, 0.1) is 12.3 Å². The molecule has 106 valence electrons. The molecule has 0 aliphatic rings. The van der Waals surface area contributed by atoms with E-state index in [9.17, 15) is 4.79 Å². The summed E-state index contributed by atoms with van der Waals surface area (Å²) in [5.41, 5.74) is 1.25. The van der Waals surface area contributed by atoms with Gasteiger partial charge in [0.2, 0.25) is 0 Å². The quantitative estimate of drug-likeness (QED) is 0.629. The lowest BCUT2D eigenvalue weighted by Gasteiger charge is -2.09. The summed E-state index contributed by atoms with van der Waals surface area (Å²) in [4.78, 5) is 15.6. The summed E-state index contributed by atoms with van der Waals surface area (Å²) in [6.45, 7) is 0.268. The van der Waals surface area contributed by atoms with Crippen molar-refractivity contribution in [2.45, 2.75) is 6.61 Å². The Labute approximate surface area is 127 Å². The van der Waals surface area contributed by atoms with E-state index in [1.165, 1.54) is 6.07 Å². The summed E-state index contributed by atoms with van der Waals surface area (Å²) in [6, 6.07) is 8.39. The number of rotatable bonds is 5. The van der Waals surface area contributed by atoms with Crippen LogP contribution in [0.5, 0.6) is 5.75 Å². The molecule has 2 rings (SSSR count). The van der Waals surface area contributed by atoms with Crippen molar-refractivity contribution < 1.29 is 14.3 Å². The molecule has 1 aromatic carbocycles. The van der Waals surface area contributed by atoms with E-state index in [4.69, 9.17) is 27.5 Å². The van der Waals surface area contributed by atoms with Gasteiger partial charge in [0.05, 0.1) is 10.6 Å². The SMILES string of the molecule is C#CCOC(=O)c1ccc(OCc2cccnc2)c(Cl)c1. The Hall–Kier alpha value is -2.51. The molecule has 0 N–H and O–H groups in total. The number of hydrogen-bond acceptors (Lipinski definition) is 4. The lowest BCUT2D eigenvalue weighted by atomic mass is 10.2. The molecular formula is C16H12ClNO3. The monoisotopic (exact) mass is 301 g/mol. The number of esters is 1.